The van der Waals surface area contributed by atoms with Crippen molar-refractivity contribution in [1.82, 2.24) is 5.32 Å². The fraction of sp³-hybridized carbons (Fsp3) is 0.500. The lowest BCUT2D eigenvalue weighted by Crippen LogP contribution is -2.58. The van der Waals surface area contributed by atoms with E-state index in [1.165, 1.54) is 6.42 Å². The second-order valence-corrected chi connectivity index (χ2v) is 5.59. The fourth-order valence-electron chi connectivity index (χ4n) is 2.79. The normalized spacial score (nSPS) is 18.1. The van der Waals surface area contributed by atoms with Gasteiger partial charge in [0.2, 0.25) is 0 Å². The fourth-order valence-corrected chi connectivity index (χ4v) is 2.79. The molecule has 0 spiro atoms. The van der Waals surface area contributed by atoms with Crippen molar-refractivity contribution in [2.45, 2.75) is 50.5 Å². The Morgan fingerprint density at radius 3 is 2.24 bits per heavy atom. The summed E-state index contributed by atoms with van der Waals surface area (Å²) >= 11 is 0. The third-order valence-corrected chi connectivity index (χ3v) is 4.02. The van der Waals surface area contributed by atoms with Gasteiger partial charge in [-0.05, 0) is 25.0 Å². The summed E-state index contributed by atoms with van der Waals surface area (Å²) in [7, 11) is 0. The zero-order chi connectivity index (χ0) is 15.1. The topological polar surface area (TPSA) is 88.2 Å². The lowest BCUT2D eigenvalue weighted by atomic mass is 9.83. The van der Waals surface area contributed by atoms with Crippen LogP contribution in [0.3, 0.4) is 0 Å². The molecule has 0 saturated heterocycles. The molecule has 0 aromatic heterocycles. The Balaban J connectivity index is 2.04. The minimum absolute atomic E-state index is 0.0226. The van der Waals surface area contributed by atoms with Crippen molar-refractivity contribution in [1.29, 1.82) is 5.41 Å². The molecule has 1 amide bonds. The third kappa shape index (κ3) is 4.21. The Morgan fingerprint density at radius 1 is 1.10 bits per heavy atom. The van der Waals surface area contributed by atoms with Gasteiger partial charge in [0, 0.05) is 0 Å². The average molecular weight is 289 g/mol. The zero-order valence-electron chi connectivity index (χ0n) is 12.2. The molecule has 0 aliphatic heterocycles. The van der Waals surface area contributed by atoms with Gasteiger partial charge < -0.3 is 15.8 Å². The van der Waals surface area contributed by atoms with Gasteiger partial charge in [0.15, 0.2) is 0 Å². The molecule has 1 aromatic rings. The summed E-state index contributed by atoms with van der Waals surface area (Å²) in [6.45, 7) is 0. The predicted molar refractivity (Wildman–Crippen MR) is 82.6 cm³/mol. The van der Waals surface area contributed by atoms with Gasteiger partial charge in [0.05, 0.1) is 0 Å². The van der Waals surface area contributed by atoms with Crippen molar-refractivity contribution < 1.29 is 9.53 Å². The molecule has 0 unspecified atom stereocenters. The Morgan fingerprint density at radius 2 is 1.67 bits per heavy atom. The third-order valence-electron chi connectivity index (χ3n) is 4.02. The highest BCUT2D eigenvalue weighted by Crippen LogP contribution is 2.26. The summed E-state index contributed by atoms with van der Waals surface area (Å²) in [5.41, 5.74) is 5.02. The molecular formula is C16H23N3O2. The van der Waals surface area contributed by atoms with Crippen LogP contribution in [0.2, 0.25) is 0 Å². The summed E-state index contributed by atoms with van der Waals surface area (Å²) in [6.07, 6.45) is 6.23. The molecule has 1 aliphatic carbocycles. The van der Waals surface area contributed by atoms with Crippen LogP contribution in [0, 0.1) is 5.41 Å². The summed E-state index contributed by atoms with van der Waals surface area (Å²) in [6, 6.07) is 8.91. The second kappa shape index (κ2) is 7.11. The first-order valence-electron chi connectivity index (χ1n) is 7.52. The quantitative estimate of drug-likeness (QED) is 0.589. The van der Waals surface area contributed by atoms with Crippen LogP contribution >= 0.6 is 0 Å². The number of carbonyl (C=O) groups excluding carboxylic acids is 1. The van der Waals surface area contributed by atoms with Crippen LogP contribution in [-0.4, -0.2) is 17.5 Å². The number of hydrogen-bond acceptors (Lipinski definition) is 3. The number of ether oxygens (including phenoxy) is 1. The van der Waals surface area contributed by atoms with Crippen LogP contribution in [-0.2, 0) is 0 Å². The maximum absolute atomic E-state index is 12.1. The first-order chi connectivity index (χ1) is 10.1. The molecule has 0 heterocycles. The summed E-state index contributed by atoms with van der Waals surface area (Å²) in [5, 5.41) is 10.7. The lowest BCUT2D eigenvalue weighted by molar-refractivity contribution is 0.186. The van der Waals surface area contributed by atoms with Gasteiger partial charge in [-0.25, -0.2) is 4.79 Å². The monoisotopic (exact) mass is 289 g/mol. The van der Waals surface area contributed by atoms with Crippen LogP contribution in [0.25, 0.3) is 0 Å². The Labute approximate surface area is 125 Å². The zero-order valence-corrected chi connectivity index (χ0v) is 12.2. The maximum atomic E-state index is 12.1. The van der Waals surface area contributed by atoms with Crippen molar-refractivity contribution in [2.24, 2.45) is 5.73 Å². The molecule has 1 aliphatic rings. The van der Waals surface area contributed by atoms with Gasteiger partial charge in [-0.15, -0.1) is 0 Å². The highest BCUT2D eigenvalue weighted by atomic mass is 16.6. The van der Waals surface area contributed by atoms with Crippen LogP contribution in [0.15, 0.2) is 30.3 Å². The summed E-state index contributed by atoms with van der Waals surface area (Å²) in [4.78, 5) is 12.1. The van der Waals surface area contributed by atoms with E-state index >= 15 is 0 Å². The second-order valence-electron chi connectivity index (χ2n) is 5.59. The molecule has 0 radical (unpaired) electrons. The van der Waals surface area contributed by atoms with E-state index in [2.05, 4.69) is 5.32 Å². The molecule has 0 atom stereocenters. The molecule has 5 heteroatoms. The molecule has 4 N–H and O–H groups in total. The molecule has 2 rings (SSSR count). The highest BCUT2D eigenvalue weighted by Gasteiger charge is 2.35. The molecule has 21 heavy (non-hydrogen) atoms. The van der Waals surface area contributed by atoms with Gasteiger partial charge in [-0.2, -0.15) is 0 Å². The SMILES string of the molecule is N=C(N)C1(NC(=O)Oc2ccccc2)CCCCCCC1. The number of amides is 1. The molecule has 1 fully saturated rings. The van der Waals surface area contributed by atoms with Gasteiger partial charge in [0.25, 0.3) is 0 Å². The van der Waals surface area contributed by atoms with Gasteiger partial charge >= 0.3 is 6.09 Å². The Bertz CT molecular complexity index is 480. The first kappa shape index (κ1) is 15.4. The lowest BCUT2D eigenvalue weighted by Gasteiger charge is -2.34. The number of carbonyl (C=O) groups is 1. The Kier molecular flexibility index (Phi) is 5.20. The number of hydrogen-bond donors (Lipinski definition) is 3. The van der Waals surface area contributed by atoms with Crippen molar-refractivity contribution in [3.8, 4) is 5.75 Å². The van der Waals surface area contributed by atoms with Crippen LogP contribution < -0.4 is 15.8 Å². The van der Waals surface area contributed by atoms with Gasteiger partial charge in [0.1, 0.15) is 17.1 Å². The van der Waals surface area contributed by atoms with E-state index in [4.69, 9.17) is 15.9 Å². The van der Waals surface area contributed by atoms with Crippen molar-refractivity contribution in [2.75, 3.05) is 0 Å². The van der Waals surface area contributed by atoms with Crippen LogP contribution in [0.5, 0.6) is 5.75 Å². The molecule has 1 saturated carbocycles. The van der Waals surface area contributed by atoms with E-state index in [9.17, 15) is 4.79 Å². The minimum Gasteiger partial charge on any atom is -0.410 e. The summed E-state index contributed by atoms with van der Waals surface area (Å²) in [5.74, 6) is 0.508. The van der Waals surface area contributed by atoms with E-state index in [0.29, 0.717) is 18.6 Å². The molecule has 114 valence electrons. The standard InChI is InChI=1S/C16H23N3O2/c17-14(18)16(11-7-2-1-3-8-12-16)19-15(20)21-13-9-5-4-6-10-13/h4-6,9-10H,1-3,7-8,11-12H2,(H3,17,18)(H,19,20). The number of rotatable bonds is 3. The van der Waals surface area contributed by atoms with Crippen molar-refractivity contribution in [3.05, 3.63) is 30.3 Å². The van der Waals surface area contributed by atoms with Crippen molar-refractivity contribution >= 4 is 11.9 Å². The van der Waals surface area contributed by atoms with Crippen LogP contribution in [0.4, 0.5) is 4.79 Å². The van der Waals surface area contributed by atoms with E-state index in [0.717, 1.165) is 25.7 Å². The largest absolute Gasteiger partial charge is 0.413 e. The number of para-hydroxylation sites is 1. The first-order valence-corrected chi connectivity index (χ1v) is 7.52. The summed E-state index contributed by atoms with van der Waals surface area (Å²) < 4.78 is 5.26. The molecule has 0 bridgehead atoms. The highest BCUT2D eigenvalue weighted by molar-refractivity contribution is 5.91. The molecule has 1 aromatic carbocycles. The van der Waals surface area contributed by atoms with E-state index < -0.39 is 11.6 Å². The van der Waals surface area contributed by atoms with E-state index in [1.54, 1.807) is 24.3 Å². The smallest absolute Gasteiger partial charge is 0.410 e. The molecule has 5 nitrogen and oxygen atoms in total. The van der Waals surface area contributed by atoms with E-state index in [-0.39, 0.29) is 5.84 Å². The maximum Gasteiger partial charge on any atom is 0.413 e. The van der Waals surface area contributed by atoms with Crippen molar-refractivity contribution in [3.63, 3.8) is 0 Å². The number of nitrogens with two attached hydrogens (primary N) is 1. The van der Waals surface area contributed by atoms with E-state index in [1.807, 2.05) is 6.07 Å². The predicted octanol–water partition coefficient (Wildman–Crippen LogP) is 3.19. The Hall–Kier alpha value is -2.04. The number of nitrogens with one attached hydrogen (secondary N) is 2. The molecular weight excluding hydrogens is 266 g/mol. The number of benzene rings is 1. The minimum atomic E-state index is -0.758. The van der Waals surface area contributed by atoms with Gasteiger partial charge in [-0.1, -0.05) is 50.3 Å². The van der Waals surface area contributed by atoms with Gasteiger partial charge in [-0.3, -0.25) is 5.41 Å². The number of amidine groups is 1. The average Bonchev–Trinajstić information content (AvgIpc) is 2.42. The van der Waals surface area contributed by atoms with Crippen LogP contribution in [0.1, 0.15) is 44.9 Å².